The predicted octanol–water partition coefficient (Wildman–Crippen LogP) is 3.32. The lowest BCUT2D eigenvalue weighted by Crippen LogP contribution is -2.26. The fourth-order valence-corrected chi connectivity index (χ4v) is 3.58. The Morgan fingerprint density at radius 2 is 2.04 bits per heavy atom. The fraction of sp³-hybridized carbons (Fsp3) is 0.278. The lowest BCUT2D eigenvalue weighted by molar-refractivity contribution is -0.118. The smallest absolute Gasteiger partial charge is 0.216 e. The molecular formula is C18H20N4OS. The summed E-state index contributed by atoms with van der Waals surface area (Å²) in [6.07, 6.45) is 2.49. The van der Waals surface area contributed by atoms with Crippen LogP contribution in [-0.4, -0.2) is 36.0 Å². The summed E-state index contributed by atoms with van der Waals surface area (Å²) in [6.45, 7) is 3.03. The molecule has 0 atom stereocenters. The number of hydrogen-bond donors (Lipinski definition) is 1. The quantitative estimate of drug-likeness (QED) is 0.699. The molecule has 0 fully saturated rings. The molecule has 3 aromatic rings. The molecule has 2 aromatic heterocycles. The number of thiophene rings is 1. The van der Waals surface area contributed by atoms with Gasteiger partial charge >= 0.3 is 0 Å². The van der Waals surface area contributed by atoms with Gasteiger partial charge in [-0.05, 0) is 18.1 Å². The van der Waals surface area contributed by atoms with E-state index >= 15 is 0 Å². The third kappa shape index (κ3) is 3.71. The Morgan fingerprint density at radius 1 is 1.25 bits per heavy atom. The summed E-state index contributed by atoms with van der Waals surface area (Å²) in [4.78, 5) is 24.1. The number of carbonyl (C=O) groups is 1. The van der Waals surface area contributed by atoms with Crippen molar-refractivity contribution in [1.29, 1.82) is 0 Å². The van der Waals surface area contributed by atoms with Gasteiger partial charge in [0.15, 0.2) is 0 Å². The van der Waals surface area contributed by atoms with Crippen molar-refractivity contribution in [3.63, 3.8) is 0 Å². The van der Waals surface area contributed by atoms with Gasteiger partial charge in [-0.1, -0.05) is 30.3 Å². The Bertz CT molecular complexity index is 831. The van der Waals surface area contributed by atoms with E-state index in [1.54, 1.807) is 17.7 Å². The van der Waals surface area contributed by atoms with E-state index in [4.69, 9.17) is 0 Å². The maximum absolute atomic E-state index is 10.9. The topological polar surface area (TPSA) is 58.1 Å². The molecule has 1 aromatic carbocycles. The van der Waals surface area contributed by atoms with Crippen LogP contribution >= 0.6 is 11.3 Å². The molecule has 2 heterocycles. The van der Waals surface area contributed by atoms with Crippen LogP contribution in [0.5, 0.6) is 0 Å². The zero-order chi connectivity index (χ0) is 16.9. The monoisotopic (exact) mass is 340 g/mol. The second kappa shape index (κ2) is 7.40. The zero-order valence-electron chi connectivity index (χ0n) is 13.8. The summed E-state index contributed by atoms with van der Waals surface area (Å²) in [5, 5.41) is 3.89. The van der Waals surface area contributed by atoms with Crippen molar-refractivity contribution in [3.8, 4) is 10.4 Å². The number of rotatable bonds is 6. The lowest BCUT2D eigenvalue weighted by atomic mass is 10.2. The van der Waals surface area contributed by atoms with Crippen molar-refractivity contribution in [2.45, 2.75) is 13.3 Å². The van der Waals surface area contributed by atoms with Crippen molar-refractivity contribution in [3.05, 3.63) is 42.7 Å². The molecule has 0 bridgehead atoms. The molecule has 0 radical (unpaired) electrons. The fourth-order valence-electron chi connectivity index (χ4n) is 2.58. The Labute approximate surface area is 145 Å². The largest absolute Gasteiger partial charge is 0.359 e. The van der Waals surface area contributed by atoms with Gasteiger partial charge in [0, 0.05) is 31.9 Å². The van der Waals surface area contributed by atoms with Crippen LogP contribution in [0.2, 0.25) is 0 Å². The number of anilines is 1. The second-order valence-electron chi connectivity index (χ2n) is 5.65. The van der Waals surface area contributed by atoms with E-state index < -0.39 is 0 Å². The molecule has 124 valence electrons. The third-order valence-corrected chi connectivity index (χ3v) is 4.86. The molecule has 0 aliphatic carbocycles. The minimum atomic E-state index is 0.00687. The Hall–Kier alpha value is -2.47. The molecule has 24 heavy (non-hydrogen) atoms. The minimum absolute atomic E-state index is 0.00687. The Balaban J connectivity index is 1.81. The Morgan fingerprint density at radius 3 is 2.79 bits per heavy atom. The van der Waals surface area contributed by atoms with Gasteiger partial charge < -0.3 is 10.2 Å². The van der Waals surface area contributed by atoms with Gasteiger partial charge in [-0.2, -0.15) is 0 Å². The predicted molar refractivity (Wildman–Crippen MR) is 99.4 cm³/mol. The van der Waals surface area contributed by atoms with Gasteiger partial charge in [0.2, 0.25) is 5.91 Å². The highest BCUT2D eigenvalue weighted by Gasteiger charge is 2.12. The standard InChI is InChI=1S/C18H20N4OS/c1-13(23)19-9-6-10-22(2)17-15-11-16(14-7-4-3-5-8-14)24-18(15)21-12-20-17/h3-5,7-8,11-12H,6,9-10H2,1-2H3,(H,19,23). The number of hydrogen-bond acceptors (Lipinski definition) is 5. The number of benzene rings is 1. The number of aromatic nitrogens is 2. The molecule has 0 unspecified atom stereocenters. The van der Waals surface area contributed by atoms with Gasteiger partial charge in [-0.3, -0.25) is 4.79 Å². The highest BCUT2D eigenvalue weighted by molar-refractivity contribution is 7.21. The summed E-state index contributed by atoms with van der Waals surface area (Å²) in [5.41, 5.74) is 1.19. The van der Waals surface area contributed by atoms with Gasteiger partial charge in [-0.15, -0.1) is 11.3 Å². The summed E-state index contributed by atoms with van der Waals surface area (Å²) in [5.74, 6) is 0.939. The first-order valence-electron chi connectivity index (χ1n) is 7.90. The van der Waals surface area contributed by atoms with Crippen LogP contribution < -0.4 is 10.2 Å². The van der Waals surface area contributed by atoms with Crippen molar-refractivity contribution < 1.29 is 4.79 Å². The number of carbonyl (C=O) groups excluding carboxylic acids is 1. The molecule has 0 spiro atoms. The van der Waals surface area contributed by atoms with Crippen LogP contribution in [0.25, 0.3) is 20.7 Å². The molecule has 0 saturated heterocycles. The maximum Gasteiger partial charge on any atom is 0.216 e. The van der Waals surface area contributed by atoms with Crippen molar-refractivity contribution in [2.75, 3.05) is 25.0 Å². The third-order valence-electron chi connectivity index (χ3n) is 3.77. The molecule has 0 aliphatic heterocycles. The molecular weight excluding hydrogens is 320 g/mol. The lowest BCUT2D eigenvalue weighted by Gasteiger charge is -2.18. The van der Waals surface area contributed by atoms with Crippen LogP contribution in [0.15, 0.2) is 42.7 Å². The van der Waals surface area contributed by atoms with Crippen LogP contribution in [0, 0.1) is 0 Å². The van der Waals surface area contributed by atoms with Crippen molar-refractivity contribution in [1.82, 2.24) is 15.3 Å². The minimum Gasteiger partial charge on any atom is -0.359 e. The number of nitrogens with zero attached hydrogens (tertiary/aromatic N) is 3. The Kier molecular flexibility index (Phi) is 5.05. The SMILES string of the molecule is CC(=O)NCCCN(C)c1ncnc2sc(-c3ccccc3)cc12. The van der Waals surface area contributed by atoms with E-state index in [0.29, 0.717) is 6.54 Å². The summed E-state index contributed by atoms with van der Waals surface area (Å²) >= 11 is 1.68. The van der Waals surface area contributed by atoms with E-state index in [9.17, 15) is 4.79 Å². The molecule has 5 nitrogen and oxygen atoms in total. The van der Waals surface area contributed by atoms with Gasteiger partial charge in [-0.25, -0.2) is 9.97 Å². The molecule has 1 N–H and O–H groups in total. The highest BCUT2D eigenvalue weighted by atomic mass is 32.1. The number of fused-ring (bicyclic) bond motifs is 1. The van der Waals surface area contributed by atoms with E-state index in [0.717, 1.165) is 29.0 Å². The maximum atomic E-state index is 10.9. The first-order chi connectivity index (χ1) is 11.6. The summed E-state index contributed by atoms with van der Waals surface area (Å²) in [6, 6.07) is 12.5. The van der Waals surface area contributed by atoms with Gasteiger partial charge in [0.05, 0.1) is 5.39 Å². The normalized spacial score (nSPS) is 10.8. The zero-order valence-corrected chi connectivity index (χ0v) is 14.6. The van der Waals surface area contributed by atoms with E-state index in [-0.39, 0.29) is 5.91 Å². The van der Waals surface area contributed by atoms with E-state index in [2.05, 4.69) is 38.4 Å². The first kappa shape index (κ1) is 16.4. The average molecular weight is 340 g/mol. The van der Waals surface area contributed by atoms with Crippen LogP contribution in [0.3, 0.4) is 0 Å². The summed E-state index contributed by atoms with van der Waals surface area (Å²) in [7, 11) is 2.02. The van der Waals surface area contributed by atoms with Crippen molar-refractivity contribution >= 4 is 33.3 Å². The van der Waals surface area contributed by atoms with E-state index in [1.807, 2.05) is 25.2 Å². The van der Waals surface area contributed by atoms with Crippen LogP contribution in [0.4, 0.5) is 5.82 Å². The van der Waals surface area contributed by atoms with Crippen LogP contribution in [-0.2, 0) is 4.79 Å². The molecule has 3 rings (SSSR count). The van der Waals surface area contributed by atoms with Crippen LogP contribution in [0.1, 0.15) is 13.3 Å². The molecule has 1 amide bonds. The summed E-state index contributed by atoms with van der Waals surface area (Å²) < 4.78 is 0. The van der Waals surface area contributed by atoms with Crippen molar-refractivity contribution in [2.24, 2.45) is 0 Å². The van der Waals surface area contributed by atoms with E-state index in [1.165, 1.54) is 17.4 Å². The highest BCUT2D eigenvalue weighted by Crippen LogP contribution is 2.35. The number of amides is 1. The molecule has 0 saturated carbocycles. The second-order valence-corrected chi connectivity index (χ2v) is 6.68. The average Bonchev–Trinajstić information content (AvgIpc) is 3.03. The first-order valence-corrected chi connectivity index (χ1v) is 8.72. The number of nitrogens with one attached hydrogen (secondary N) is 1. The molecule has 6 heteroatoms. The van der Waals surface area contributed by atoms with Gasteiger partial charge in [0.1, 0.15) is 17.0 Å². The molecule has 0 aliphatic rings. The van der Waals surface area contributed by atoms with Gasteiger partial charge in [0.25, 0.3) is 0 Å².